The summed E-state index contributed by atoms with van der Waals surface area (Å²) in [6, 6.07) is 0. The molecular formula is C13H26N2O. The Morgan fingerprint density at radius 2 is 1.88 bits per heavy atom. The molecular weight excluding hydrogens is 200 g/mol. The molecule has 16 heavy (non-hydrogen) atoms. The van der Waals surface area contributed by atoms with Crippen LogP contribution >= 0.6 is 0 Å². The number of hydrogen-bond donors (Lipinski definition) is 1. The van der Waals surface area contributed by atoms with Gasteiger partial charge in [0.25, 0.3) is 0 Å². The second kappa shape index (κ2) is 5.48. The third-order valence-electron chi connectivity index (χ3n) is 3.11. The Balaban J connectivity index is 5.08. The van der Waals surface area contributed by atoms with Crippen molar-refractivity contribution in [2.75, 3.05) is 13.1 Å². The van der Waals surface area contributed by atoms with Gasteiger partial charge in [0.2, 0.25) is 5.91 Å². The summed E-state index contributed by atoms with van der Waals surface area (Å²) in [7, 11) is 0. The van der Waals surface area contributed by atoms with Crippen LogP contribution in [0.3, 0.4) is 0 Å². The highest BCUT2D eigenvalue weighted by Crippen LogP contribution is 2.26. The molecule has 1 amide bonds. The van der Waals surface area contributed by atoms with E-state index in [1.165, 1.54) is 0 Å². The monoisotopic (exact) mass is 226 g/mol. The number of carbonyl (C=O) groups is 1. The highest BCUT2D eigenvalue weighted by Gasteiger charge is 2.37. The van der Waals surface area contributed by atoms with Gasteiger partial charge in [-0.25, -0.2) is 0 Å². The number of carbonyl (C=O) groups excluding carboxylic acids is 1. The molecule has 1 atom stereocenters. The van der Waals surface area contributed by atoms with Crippen molar-refractivity contribution in [1.82, 2.24) is 4.90 Å². The van der Waals surface area contributed by atoms with Gasteiger partial charge in [-0.05, 0) is 34.1 Å². The standard InChI is InChI=1S/C13H26N2O/c1-7-9-15(12(3,4)5)11(16)13(6,8-2)10-14/h7H,1,8-10,14H2,2-6H3. The third kappa shape index (κ3) is 3.34. The molecule has 0 saturated heterocycles. The molecule has 0 aromatic carbocycles. The van der Waals surface area contributed by atoms with Gasteiger partial charge in [-0.15, -0.1) is 6.58 Å². The van der Waals surface area contributed by atoms with Crippen molar-refractivity contribution in [2.45, 2.75) is 46.6 Å². The first-order valence-electron chi connectivity index (χ1n) is 5.86. The number of amides is 1. The summed E-state index contributed by atoms with van der Waals surface area (Å²) in [4.78, 5) is 14.3. The molecule has 0 aromatic heterocycles. The minimum atomic E-state index is -0.462. The van der Waals surface area contributed by atoms with E-state index in [1.54, 1.807) is 6.08 Å². The molecule has 0 aliphatic carbocycles. The molecule has 0 aliphatic heterocycles. The van der Waals surface area contributed by atoms with E-state index >= 15 is 0 Å². The van der Waals surface area contributed by atoms with Gasteiger partial charge in [0.15, 0.2) is 0 Å². The van der Waals surface area contributed by atoms with Gasteiger partial charge in [0.1, 0.15) is 0 Å². The van der Waals surface area contributed by atoms with Crippen LogP contribution in [0.5, 0.6) is 0 Å². The van der Waals surface area contributed by atoms with Gasteiger partial charge in [-0.1, -0.05) is 13.0 Å². The lowest BCUT2D eigenvalue weighted by Gasteiger charge is -2.40. The molecule has 1 unspecified atom stereocenters. The predicted molar refractivity (Wildman–Crippen MR) is 69.1 cm³/mol. The molecule has 0 heterocycles. The van der Waals surface area contributed by atoms with Crippen LogP contribution in [0.15, 0.2) is 12.7 Å². The maximum atomic E-state index is 12.5. The van der Waals surface area contributed by atoms with E-state index in [2.05, 4.69) is 6.58 Å². The molecule has 0 spiro atoms. The van der Waals surface area contributed by atoms with Crippen molar-refractivity contribution < 1.29 is 4.79 Å². The number of rotatable bonds is 5. The topological polar surface area (TPSA) is 46.3 Å². The summed E-state index contributed by atoms with van der Waals surface area (Å²) in [5.74, 6) is 0.116. The maximum absolute atomic E-state index is 12.5. The highest BCUT2D eigenvalue weighted by atomic mass is 16.2. The van der Waals surface area contributed by atoms with Crippen molar-refractivity contribution in [3.63, 3.8) is 0 Å². The second-order valence-corrected chi connectivity index (χ2v) is 5.49. The summed E-state index contributed by atoms with van der Waals surface area (Å²) < 4.78 is 0. The molecule has 0 bridgehead atoms. The highest BCUT2D eigenvalue weighted by molar-refractivity contribution is 5.83. The van der Waals surface area contributed by atoms with Gasteiger partial charge in [-0.2, -0.15) is 0 Å². The van der Waals surface area contributed by atoms with E-state index in [1.807, 2.05) is 39.5 Å². The van der Waals surface area contributed by atoms with Crippen LogP contribution in [0.4, 0.5) is 0 Å². The Morgan fingerprint density at radius 3 is 2.12 bits per heavy atom. The lowest BCUT2D eigenvalue weighted by atomic mass is 9.84. The Labute approximate surface area is 99.7 Å². The normalized spacial score (nSPS) is 15.4. The lowest BCUT2D eigenvalue weighted by molar-refractivity contribution is -0.145. The number of nitrogens with two attached hydrogens (primary N) is 1. The molecule has 0 aromatic rings. The summed E-state index contributed by atoms with van der Waals surface area (Å²) in [6.45, 7) is 14.7. The number of hydrogen-bond acceptors (Lipinski definition) is 2. The van der Waals surface area contributed by atoms with Crippen LogP contribution in [0, 0.1) is 5.41 Å². The average Bonchev–Trinajstić information content (AvgIpc) is 2.22. The molecule has 2 N–H and O–H groups in total. The summed E-state index contributed by atoms with van der Waals surface area (Å²) in [5, 5.41) is 0. The zero-order chi connectivity index (χ0) is 13.0. The predicted octanol–water partition coefficient (Wildman–Crippen LogP) is 2.17. The van der Waals surface area contributed by atoms with E-state index < -0.39 is 5.41 Å². The SMILES string of the molecule is C=CCN(C(=O)C(C)(CC)CN)C(C)(C)C. The van der Waals surface area contributed by atoms with Crippen LogP contribution in [0.25, 0.3) is 0 Å². The van der Waals surface area contributed by atoms with Crippen LogP contribution in [-0.2, 0) is 4.79 Å². The molecule has 0 aliphatic rings. The molecule has 0 radical (unpaired) electrons. The van der Waals surface area contributed by atoms with Crippen molar-refractivity contribution >= 4 is 5.91 Å². The molecule has 3 heteroatoms. The number of nitrogens with zero attached hydrogens (tertiary/aromatic N) is 1. The molecule has 94 valence electrons. The third-order valence-corrected chi connectivity index (χ3v) is 3.11. The largest absolute Gasteiger partial charge is 0.334 e. The summed E-state index contributed by atoms with van der Waals surface area (Å²) in [6.07, 6.45) is 2.52. The van der Waals surface area contributed by atoms with Gasteiger partial charge in [0, 0.05) is 18.6 Å². The Morgan fingerprint density at radius 1 is 1.38 bits per heavy atom. The molecule has 0 rings (SSSR count). The minimum absolute atomic E-state index is 0.116. The summed E-state index contributed by atoms with van der Waals surface area (Å²) in [5.41, 5.74) is 5.06. The first-order valence-corrected chi connectivity index (χ1v) is 5.86. The molecule has 3 nitrogen and oxygen atoms in total. The van der Waals surface area contributed by atoms with Gasteiger partial charge < -0.3 is 10.6 Å². The fourth-order valence-corrected chi connectivity index (χ4v) is 1.50. The van der Waals surface area contributed by atoms with Gasteiger partial charge >= 0.3 is 0 Å². The molecule has 0 saturated carbocycles. The average molecular weight is 226 g/mol. The van der Waals surface area contributed by atoms with E-state index in [0.717, 1.165) is 6.42 Å². The van der Waals surface area contributed by atoms with Crippen molar-refractivity contribution in [3.8, 4) is 0 Å². The van der Waals surface area contributed by atoms with Gasteiger partial charge in [0.05, 0.1) is 5.41 Å². The van der Waals surface area contributed by atoms with Crippen molar-refractivity contribution in [2.24, 2.45) is 11.1 Å². The Kier molecular flexibility index (Phi) is 5.20. The minimum Gasteiger partial charge on any atom is -0.334 e. The van der Waals surface area contributed by atoms with Crippen molar-refractivity contribution in [3.05, 3.63) is 12.7 Å². The zero-order valence-electron chi connectivity index (χ0n) is 11.3. The Bertz CT molecular complexity index is 249. The smallest absolute Gasteiger partial charge is 0.230 e. The van der Waals surface area contributed by atoms with Crippen LogP contribution < -0.4 is 5.73 Å². The quantitative estimate of drug-likeness (QED) is 0.730. The van der Waals surface area contributed by atoms with E-state index in [0.29, 0.717) is 13.1 Å². The second-order valence-electron chi connectivity index (χ2n) is 5.49. The summed E-state index contributed by atoms with van der Waals surface area (Å²) >= 11 is 0. The van der Waals surface area contributed by atoms with Crippen molar-refractivity contribution in [1.29, 1.82) is 0 Å². The fourth-order valence-electron chi connectivity index (χ4n) is 1.50. The van der Waals surface area contributed by atoms with E-state index in [-0.39, 0.29) is 11.4 Å². The van der Waals surface area contributed by atoms with E-state index in [9.17, 15) is 4.79 Å². The molecule has 0 fully saturated rings. The first kappa shape index (κ1) is 15.2. The van der Waals surface area contributed by atoms with Crippen LogP contribution in [-0.4, -0.2) is 29.4 Å². The maximum Gasteiger partial charge on any atom is 0.230 e. The zero-order valence-corrected chi connectivity index (χ0v) is 11.3. The van der Waals surface area contributed by atoms with E-state index in [4.69, 9.17) is 5.73 Å². The fraction of sp³-hybridized carbons (Fsp3) is 0.769. The lowest BCUT2D eigenvalue weighted by Crippen LogP contribution is -2.53. The van der Waals surface area contributed by atoms with Crippen LogP contribution in [0.2, 0.25) is 0 Å². The first-order chi connectivity index (χ1) is 7.22. The Hall–Kier alpha value is -0.830. The van der Waals surface area contributed by atoms with Crippen LogP contribution in [0.1, 0.15) is 41.0 Å². The van der Waals surface area contributed by atoms with Gasteiger partial charge in [-0.3, -0.25) is 4.79 Å².